The van der Waals surface area contributed by atoms with Crippen molar-refractivity contribution in [2.24, 2.45) is 11.7 Å². The molecule has 98 valence electrons. The summed E-state index contributed by atoms with van der Waals surface area (Å²) in [7, 11) is 0. The third-order valence-corrected chi connectivity index (χ3v) is 4.20. The van der Waals surface area contributed by atoms with Crippen molar-refractivity contribution < 1.29 is 4.79 Å². The van der Waals surface area contributed by atoms with Crippen LogP contribution in [0.3, 0.4) is 0 Å². The van der Waals surface area contributed by atoms with Gasteiger partial charge >= 0.3 is 0 Å². The lowest BCUT2D eigenvalue weighted by Gasteiger charge is -2.33. The van der Waals surface area contributed by atoms with E-state index in [-0.39, 0.29) is 5.91 Å². The summed E-state index contributed by atoms with van der Waals surface area (Å²) in [4.78, 5) is 11.9. The zero-order chi connectivity index (χ0) is 13.0. The van der Waals surface area contributed by atoms with Gasteiger partial charge in [0.1, 0.15) is 5.54 Å². The van der Waals surface area contributed by atoms with Crippen LogP contribution in [0.15, 0.2) is 30.3 Å². The first-order valence-electron chi connectivity index (χ1n) is 6.78. The lowest BCUT2D eigenvalue weighted by atomic mass is 9.84. The summed E-state index contributed by atoms with van der Waals surface area (Å²) < 4.78 is 0. The zero-order valence-electron chi connectivity index (χ0n) is 11.0. The fourth-order valence-corrected chi connectivity index (χ4v) is 3.13. The van der Waals surface area contributed by atoms with Gasteiger partial charge in [-0.2, -0.15) is 0 Å². The molecule has 0 bridgehead atoms. The van der Waals surface area contributed by atoms with Crippen molar-refractivity contribution in [1.82, 2.24) is 5.32 Å². The van der Waals surface area contributed by atoms with Gasteiger partial charge in [-0.1, -0.05) is 50.1 Å². The van der Waals surface area contributed by atoms with Crippen molar-refractivity contribution >= 4 is 5.91 Å². The SMILES string of the molecule is CCC1CCCC1(NCc1ccccc1)C(N)=O. The Labute approximate surface area is 109 Å². The van der Waals surface area contributed by atoms with E-state index in [1.54, 1.807) is 0 Å². The van der Waals surface area contributed by atoms with Crippen LogP contribution in [-0.4, -0.2) is 11.4 Å². The largest absolute Gasteiger partial charge is 0.368 e. The summed E-state index contributed by atoms with van der Waals surface area (Å²) in [5, 5.41) is 3.44. The molecule has 3 nitrogen and oxygen atoms in total. The van der Waals surface area contributed by atoms with E-state index in [1.165, 1.54) is 5.56 Å². The normalized spacial score (nSPS) is 27.3. The Balaban J connectivity index is 2.10. The molecule has 1 aliphatic carbocycles. The predicted molar refractivity (Wildman–Crippen MR) is 72.8 cm³/mol. The molecule has 1 amide bonds. The lowest BCUT2D eigenvalue weighted by molar-refractivity contribution is -0.126. The predicted octanol–water partition coefficient (Wildman–Crippen LogP) is 2.21. The summed E-state index contributed by atoms with van der Waals surface area (Å²) >= 11 is 0. The Morgan fingerprint density at radius 1 is 1.44 bits per heavy atom. The van der Waals surface area contributed by atoms with E-state index in [2.05, 4.69) is 24.4 Å². The lowest BCUT2D eigenvalue weighted by Crippen LogP contribution is -2.57. The molecule has 0 heterocycles. The molecule has 1 aromatic carbocycles. The van der Waals surface area contributed by atoms with E-state index < -0.39 is 5.54 Å². The first kappa shape index (κ1) is 13.1. The number of carbonyl (C=O) groups excluding carboxylic acids is 1. The number of hydrogen-bond donors (Lipinski definition) is 2. The molecular formula is C15H22N2O. The Morgan fingerprint density at radius 2 is 2.17 bits per heavy atom. The van der Waals surface area contributed by atoms with Crippen LogP contribution in [0.5, 0.6) is 0 Å². The maximum absolute atomic E-state index is 11.9. The van der Waals surface area contributed by atoms with Gasteiger partial charge < -0.3 is 5.73 Å². The monoisotopic (exact) mass is 246 g/mol. The number of benzene rings is 1. The van der Waals surface area contributed by atoms with Gasteiger partial charge in [-0.25, -0.2) is 0 Å². The second-order valence-electron chi connectivity index (χ2n) is 5.17. The van der Waals surface area contributed by atoms with Gasteiger partial charge in [0, 0.05) is 6.54 Å². The fourth-order valence-electron chi connectivity index (χ4n) is 3.13. The van der Waals surface area contributed by atoms with Crippen molar-refractivity contribution in [1.29, 1.82) is 0 Å². The van der Waals surface area contributed by atoms with E-state index in [0.29, 0.717) is 12.5 Å². The van der Waals surface area contributed by atoms with E-state index in [4.69, 9.17) is 5.73 Å². The van der Waals surface area contributed by atoms with Crippen molar-refractivity contribution in [2.45, 2.75) is 44.7 Å². The Morgan fingerprint density at radius 3 is 2.78 bits per heavy atom. The van der Waals surface area contributed by atoms with Crippen LogP contribution in [0, 0.1) is 5.92 Å². The number of nitrogens with one attached hydrogen (secondary N) is 1. The molecule has 0 saturated heterocycles. The first-order valence-corrected chi connectivity index (χ1v) is 6.78. The topological polar surface area (TPSA) is 55.1 Å². The Kier molecular flexibility index (Phi) is 4.02. The summed E-state index contributed by atoms with van der Waals surface area (Å²) in [6.07, 6.45) is 4.06. The number of hydrogen-bond acceptors (Lipinski definition) is 2. The molecule has 2 rings (SSSR count). The third kappa shape index (κ3) is 2.41. The number of primary amides is 1. The molecule has 0 aromatic heterocycles. The van der Waals surface area contributed by atoms with Crippen molar-refractivity contribution in [2.75, 3.05) is 0 Å². The highest BCUT2D eigenvalue weighted by Gasteiger charge is 2.46. The van der Waals surface area contributed by atoms with E-state index >= 15 is 0 Å². The summed E-state index contributed by atoms with van der Waals surface area (Å²) in [6, 6.07) is 10.2. The van der Waals surface area contributed by atoms with Crippen LogP contribution in [0.1, 0.15) is 38.2 Å². The van der Waals surface area contributed by atoms with Crippen molar-refractivity contribution in [3.8, 4) is 0 Å². The molecule has 1 aromatic rings. The van der Waals surface area contributed by atoms with E-state index in [1.807, 2.05) is 18.2 Å². The molecular weight excluding hydrogens is 224 g/mol. The minimum Gasteiger partial charge on any atom is -0.368 e. The molecule has 2 unspecified atom stereocenters. The summed E-state index contributed by atoms with van der Waals surface area (Å²) in [5.41, 5.74) is 6.36. The van der Waals surface area contributed by atoms with Gasteiger partial charge in [0.2, 0.25) is 5.91 Å². The minimum absolute atomic E-state index is 0.192. The average Bonchev–Trinajstić information content (AvgIpc) is 2.82. The Hall–Kier alpha value is -1.35. The van der Waals surface area contributed by atoms with Gasteiger partial charge in [-0.3, -0.25) is 10.1 Å². The maximum atomic E-state index is 11.9. The minimum atomic E-state index is -0.495. The highest BCUT2D eigenvalue weighted by atomic mass is 16.1. The first-order chi connectivity index (χ1) is 8.69. The molecule has 3 N–H and O–H groups in total. The van der Waals surface area contributed by atoms with Gasteiger partial charge in [0.25, 0.3) is 0 Å². The van der Waals surface area contributed by atoms with Gasteiger partial charge in [0.05, 0.1) is 0 Å². The van der Waals surface area contributed by atoms with Crippen LogP contribution < -0.4 is 11.1 Å². The van der Waals surface area contributed by atoms with Crippen LogP contribution in [-0.2, 0) is 11.3 Å². The number of rotatable bonds is 5. The molecule has 3 heteroatoms. The quantitative estimate of drug-likeness (QED) is 0.837. The average molecular weight is 246 g/mol. The molecule has 0 aliphatic heterocycles. The molecule has 0 radical (unpaired) electrons. The van der Waals surface area contributed by atoms with E-state index in [0.717, 1.165) is 25.7 Å². The second kappa shape index (κ2) is 5.53. The number of carbonyl (C=O) groups is 1. The number of amides is 1. The number of nitrogens with two attached hydrogens (primary N) is 1. The molecule has 1 aliphatic rings. The smallest absolute Gasteiger partial charge is 0.238 e. The highest BCUT2D eigenvalue weighted by molar-refractivity contribution is 5.85. The summed E-state index contributed by atoms with van der Waals surface area (Å²) in [5.74, 6) is 0.182. The van der Waals surface area contributed by atoms with Gasteiger partial charge in [-0.15, -0.1) is 0 Å². The summed E-state index contributed by atoms with van der Waals surface area (Å²) in [6.45, 7) is 2.85. The Bertz CT molecular complexity index is 404. The van der Waals surface area contributed by atoms with Crippen molar-refractivity contribution in [3.05, 3.63) is 35.9 Å². The van der Waals surface area contributed by atoms with Gasteiger partial charge in [-0.05, 0) is 24.3 Å². The molecule has 1 fully saturated rings. The molecule has 1 saturated carbocycles. The maximum Gasteiger partial charge on any atom is 0.238 e. The van der Waals surface area contributed by atoms with Crippen LogP contribution >= 0.6 is 0 Å². The molecule has 0 spiro atoms. The van der Waals surface area contributed by atoms with Crippen LogP contribution in [0.25, 0.3) is 0 Å². The molecule has 2 atom stereocenters. The fraction of sp³-hybridized carbons (Fsp3) is 0.533. The highest BCUT2D eigenvalue weighted by Crippen LogP contribution is 2.37. The van der Waals surface area contributed by atoms with Crippen molar-refractivity contribution in [3.63, 3.8) is 0 Å². The third-order valence-electron chi connectivity index (χ3n) is 4.20. The van der Waals surface area contributed by atoms with Crippen LogP contribution in [0.4, 0.5) is 0 Å². The van der Waals surface area contributed by atoms with Crippen LogP contribution in [0.2, 0.25) is 0 Å². The van der Waals surface area contributed by atoms with Gasteiger partial charge in [0.15, 0.2) is 0 Å². The standard InChI is InChI=1S/C15H22N2O/c1-2-13-9-6-10-15(13,14(16)18)17-11-12-7-4-3-5-8-12/h3-5,7-8,13,17H,2,6,9-11H2,1H3,(H2,16,18). The van der Waals surface area contributed by atoms with E-state index in [9.17, 15) is 4.79 Å². The molecule has 18 heavy (non-hydrogen) atoms. The second-order valence-corrected chi connectivity index (χ2v) is 5.17. The zero-order valence-corrected chi connectivity index (χ0v) is 11.0.